The lowest BCUT2D eigenvalue weighted by atomic mass is 10.1. The molecule has 1 aromatic heterocycles. The highest BCUT2D eigenvalue weighted by atomic mass is 79.9. The Morgan fingerprint density at radius 2 is 2.12 bits per heavy atom. The van der Waals surface area contributed by atoms with Gasteiger partial charge in [-0.3, -0.25) is 4.79 Å². The zero-order chi connectivity index (χ0) is 13.4. The highest BCUT2D eigenvalue weighted by Crippen LogP contribution is 2.34. The van der Waals surface area contributed by atoms with Gasteiger partial charge >= 0.3 is 0 Å². The van der Waals surface area contributed by atoms with E-state index in [0.717, 1.165) is 11.3 Å². The fraction of sp³-hybridized carbons (Fsp3) is 0.375. The third-order valence-corrected chi connectivity index (χ3v) is 6.50. The zero-order valence-electron chi connectivity index (χ0n) is 8.95. The minimum Gasteiger partial charge on any atom is -0.368 e. The summed E-state index contributed by atoms with van der Waals surface area (Å²) in [5.41, 5.74) is 3.73. The number of halogens is 2. The van der Waals surface area contributed by atoms with Crippen LogP contribution in [0.5, 0.6) is 0 Å². The molecule has 17 heavy (non-hydrogen) atoms. The van der Waals surface area contributed by atoms with E-state index in [1.54, 1.807) is 0 Å². The number of hydrogen-bond acceptors (Lipinski definition) is 4. The number of carbonyl (C=O) groups is 1. The van der Waals surface area contributed by atoms with E-state index in [1.165, 1.54) is 19.9 Å². The quantitative estimate of drug-likeness (QED) is 0.855. The Morgan fingerprint density at radius 1 is 1.59 bits per heavy atom. The lowest BCUT2D eigenvalue weighted by Gasteiger charge is -2.21. The van der Waals surface area contributed by atoms with Gasteiger partial charge in [-0.25, -0.2) is 8.42 Å². The van der Waals surface area contributed by atoms with Gasteiger partial charge in [0.05, 0.1) is 8.81 Å². The first-order chi connectivity index (χ1) is 7.56. The first-order valence-electron chi connectivity index (χ1n) is 4.35. The Labute approximate surface area is 117 Å². The summed E-state index contributed by atoms with van der Waals surface area (Å²) in [6, 6.07) is 1.30. The Hall–Kier alpha value is -0.150. The van der Waals surface area contributed by atoms with Gasteiger partial charge in [0.1, 0.15) is 9.75 Å². The topological polar surface area (TPSA) is 89.3 Å². The molecule has 1 heterocycles. The lowest BCUT2D eigenvalue weighted by molar-refractivity contribution is -0.122. The van der Waals surface area contributed by atoms with Gasteiger partial charge in [-0.05, 0) is 35.8 Å². The fourth-order valence-corrected chi connectivity index (χ4v) is 4.68. The molecule has 0 aliphatic heterocycles. The second kappa shape index (κ2) is 4.85. The Balaban J connectivity index is 3.09. The SMILES string of the molecule is CC(C)(NS(=O)(=O)c1cc(Cl)c(Br)s1)C(N)=O. The number of thiophene rings is 1. The molecule has 0 spiro atoms. The average Bonchev–Trinajstić information content (AvgIpc) is 2.45. The van der Waals surface area contributed by atoms with Crippen LogP contribution in [-0.4, -0.2) is 19.9 Å². The van der Waals surface area contributed by atoms with E-state index in [4.69, 9.17) is 17.3 Å². The van der Waals surface area contributed by atoms with Gasteiger partial charge in [0.25, 0.3) is 10.0 Å². The molecule has 0 aliphatic carbocycles. The molecule has 1 rings (SSSR count). The molecule has 0 saturated carbocycles. The number of nitrogens with two attached hydrogens (primary N) is 1. The van der Waals surface area contributed by atoms with Crippen molar-refractivity contribution < 1.29 is 13.2 Å². The Morgan fingerprint density at radius 3 is 2.47 bits per heavy atom. The van der Waals surface area contributed by atoms with Crippen molar-refractivity contribution >= 4 is 54.8 Å². The van der Waals surface area contributed by atoms with Crippen LogP contribution in [0.1, 0.15) is 13.8 Å². The number of sulfonamides is 1. The number of hydrogen-bond donors (Lipinski definition) is 2. The lowest BCUT2D eigenvalue weighted by Crippen LogP contribution is -2.52. The second-order valence-corrected chi connectivity index (χ2v) is 8.47. The monoisotopic (exact) mass is 360 g/mol. The molecule has 1 aromatic rings. The maximum absolute atomic E-state index is 11.9. The molecule has 5 nitrogen and oxygen atoms in total. The van der Waals surface area contributed by atoms with Crippen LogP contribution in [-0.2, 0) is 14.8 Å². The van der Waals surface area contributed by atoms with Gasteiger partial charge in [0, 0.05) is 0 Å². The molecular formula is C8H10BrClN2O3S2. The third kappa shape index (κ3) is 3.41. The van der Waals surface area contributed by atoms with Crippen molar-refractivity contribution in [3.8, 4) is 0 Å². The molecule has 3 N–H and O–H groups in total. The zero-order valence-corrected chi connectivity index (χ0v) is 12.9. The van der Waals surface area contributed by atoms with E-state index >= 15 is 0 Å². The smallest absolute Gasteiger partial charge is 0.251 e. The van der Waals surface area contributed by atoms with Gasteiger partial charge in [0.2, 0.25) is 5.91 Å². The summed E-state index contributed by atoms with van der Waals surface area (Å²) < 4.78 is 26.6. The maximum atomic E-state index is 11.9. The molecule has 0 bridgehead atoms. The number of rotatable bonds is 4. The number of nitrogens with one attached hydrogen (secondary N) is 1. The van der Waals surface area contributed by atoms with Crippen molar-refractivity contribution in [2.45, 2.75) is 23.6 Å². The van der Waals surface area contributed by atoms with Crippen LogP contribution in [0.2, 0.25) is 5.02 Å². The molecule has 1 amide bonds. The molecule has 0 atom stereocenters. The second-order valence-electron chi connectivity index (χ2n) is 3.78. The summed E-state index contributed by atoms with van der Waals surface area (Å²) in [4.78, 5) is 11.1. The van der Waals surface area contributed by atoms with Gasteiger partial charge < -0.3 is 5.73 Å². The molecule has 0 aliphatic rings. The van der Waals surface area contributed by atoms with Gasteiger partial charge in [-0.1, -0.05) is 11.6 Å². The van der Waals surface area contributed by atoms with Crippen molar-refractivity contribution in [3.05, 3.63) is 14.9 Å². The van der Waals surface area contributed by atoms with Crippen LogP contribution in [0.3, 0.4) is 0 Å². The predicted octanol–water partition coefficient (Wildman–Crippen LogP) is 1.71. The van der Waals surface area contributed by atoms with Gasteiger partial charge in [-0.15, -0.1) is 11.3 Å². The number of amides is 1. The molecule has 96 valence electrons. The van der Waals surface area contributed by atoms with Gasteiger partial charge in [0.15, 0.2) is 0 Å². The minimum absolute atomic E-state index is 0.0173. The van der Waals surface area contributed by atoms with Crippen molar-refractivity contribution in [2.24, 2.45) is 5.73 Å². The molecule has 0 fully saturated rings. The van der Waals surface area contributed by atoms with Crippen LogP contribution < -0.4 is 10.5 Å². The third-order valence-electron chi connectivity index (χ3n) is 1.89. The summed E-state index contributed by atoms with van der Waals surface area (Å²) in [6.07, 6.45) is 0. The van der Waals surface area contributed by atoms with Crippen LogP contribution in [0, 0.1) is 0 Å². The molecule has 0 saturated heterocycles. The van der Waals surface area contributed by atoms with Crippen LogP contribution in [0.25, 0.3) is 0 Å². The maximum Gasteiger partial charge on any atom is 0.251 e. The largest absolute Gasteiger partial charge is 0.368 e. The summed E-state index contributed by atoms with van der Waals surface area (Å²) in [6.45, 7) is 2.77. The summed E-state index contributed by atoms with van der Waals surface area (Å²) >= 11 is 9.82. The minimum atomic E-state index is -3.81. The first-order valence-corrected chi connectivity index (χ1v) is 7.82. The fourth-order valence-electron chi connectivity index (χ4n) is 0.896. The van der Waals surface area contributed by atoms with Gasteiger partial charge in [-0.2, -0.15) is 4.72 Å². The van der Waals surface area contributed by atoms with E-state index in [2.05, 4.69) is 20.7 Å². The van der Waals surface area contributed by atoms with E-state index < -0.39 is 21.5 Å². The Bertz CT molecular complexity index is 534. The summed E-state index contributed by atoms with van der Waals surface area (Å²) in [7, 11) is -3.81. The van der Waals surface area contributed by atoms with Crippen LogP contribution in [0.15, 0.2) is 14.1 Å². The average molecular weight is 362 g/mol. The molecule has 9 heteroatoms. The normalized spacial score (nSPS) is 12.7. The predicted molar refractivity (Wildman–Crippen MR) is 70.6 cm³/mol. The molecule has 0 aromatic carbocycles. The van der Waals surface area contributed by atoms with Crippen LogP contribution in [0.4, 0.5) is 0 Å². The highest BCUT2D eigenvalue weighted by molar-refractivity contribution is 9.11. The Kier molecular flexibility index (Phi) is 4.25. The first kappa shape index (κ1) is 14.9. The van der Waals surface area contributed by atoms with Crippen molar-refractivity contribution in [1.82, 2.24) is 4.72 Å². The van der Waals surface area contributed by atoms with E-state index in [0.29, 0.717) is 8.81 Å². The van der Waals surface area contributed by atoms with Crippen LogP contribution >= 0.6 is 38.9 Å². The van der Waals surface area contributed by atoms with Crippen molar-refractivity contribution in [1.29, 1.82) is 0 Å². The molecular weight excluding hydrogens is 352 g/mol. The molecule has 0 unspecified atom stereocenters. The van der Waals surface area contributed by atoms with E-state index in [1.807, 2.05) is 0 Å². The van der Waals surface area contributed by atoms with Crippen molar-refractivity contribution in [3.63, 3.8) is 0 Å². The van der Waals surface area contributed by atoms with E-state index in [-0.39, 0.29) is 4.21 Å². The highest BCUT2D eigenvalue weighted by Gasteiger charge is 2.32. The van der Waals surface area contributed by atoms with Crippen molar-refractivity contribution in [2.75, 3.05) is 0 Å². The molecule has 0 radical (unpaired) electrons. The summed E-state index contributed by atoms with van der Waals surface area (Å²) in [5.74, 6) is -0.761. The number of carbonyl (C=O) groups excluding carboxylic acids is 1. The standard InChI is InChI=1S/C8H10BrClN2O3S2/c1-8(2,7(11)13)12-17(14,15)5-3-4(10)6(9)16-5/h3,12H,1-2H3,(H2,11,13). The van der Waals surface area contributed by atoms with E-state index in [9.17, 15) is 13.2 Å². The number of primary amides is 1. The summed E-state index contributed by atoms with van der Waals surface area (Å²) in [5, 5.41) is 0.298.